The number of halogens is 1. The summed E-state index contributed by atoms with van der Waals surface area (Å²) in [7, 11) is 0. The van der Waals surface area contributed by atoms with Crippen molar-refractivity contribution in [3.05, 3.63) is 48.0 Å². The molecule has 1 unspecified atom stereocenters. The third kappa shape index (κ3) is 4.43. The molecule has 0 bridgehead atoms. The van der Waals surface area contributed by atoms with Crippen LogP contribution in [0.2, 0.25) is 0 Å². The van der Waals surface area contributed by atoms with Crippen LogP contribution >= 0.6 is 0 Å². The fourth-order valence-corrected chi connectivity index (χ4v) is 2.66. The first-order valence-electron chi connectivity index (χ1n) is 8.39. The summed E-state index contributed by atoms with van der Waals surface area (Å²) in [4.78, 5) is 23.1. The summed E-state index contributed by atoms with van der Waals surface area (Å²) in [6.45, 7) is 3.78. The predicted molar refractivity (Wildman–Crippen MR) is 91.8 cm³/mol. The van der Waals surface area contributed by atoms with Crippen LogP contribution in [0.3, 0.4) is 0 Å². The van der Waals surface area contributed by atoms with Crippen LogP contribution in [-0.4, -0.2) is 35.1 Å². The van der Waals surface area contributed by atoms with E-state index in [0.29, 0.717) is 5.95 Å². The number of nitrogens with zero attached hydrogens (tertiary/aromatic N) is 3. The Hall–Kier alpha value is -2.70. The van der Waals surface area contributed by atoms with E-state index in [0.717, 1.165) is 31.6 Å². The van der Waals surface area contributed by atoms with Crippen molar-refractivity contribution in [3.63, 3.8) is 0 Å². The van der Waals surface area contributed by atoms with Crippen LogP contribution in [-0.2, 0) is 11.3 Å². The SMILES string of the molecule is CC(Oc1ccccc1F)C(=O)NCc1ccnc(N2CCCC2)n1. The average Bonchev–Trinajstić information content (AvgIpc) is 3.16. The largest absolute Gasteiger partial charge is 0.478 e. The molecule has 1 aromatic heterocycles. The number of benzene rings is 1. The highest BCUT2D eigenvalue weighted by Crippen LogP contribution is 2.17. The highest BCUT2D eigenvalue weighted by Gasteiger charge is 2.17. The highest BCUT2D eigenvalue weighted by molar-refractivity contribution is 5.80. The number of hydrogen-bond donors (Lipinski definition) is 1. The van der Waals surface area contributed by atoms with Crippen molar-refractivity contribution in [2.24, 2.45) is 0 Å². The second-order valence-electron chi connectivity index (χ2n) is 5.95. The van der Waals surface area contributed by atoms with Crippen molar-refractivity contribution in [3.8, 4) is 5.75 Å². The molecule has 132 valence electrons. The van der Waals surface area contributed by atoms with Crippen LogP contribution in [0, 0.1) is 5.82 Å². The molecule has 1 aromatic carbocycles. The molecule has 1 aliphatic heterocycles. The van der Waals surface area contributed by atoms with E-state index < -0.39 is 11.9 Å². The number of nitrogens with one attached hydrogen (secondary N) is 1. The molecule has 1 aliphatic rings. The van der Waals surface area contributed by atoms with Gasteiger partial charge in [0.25, 0.3) is 5.91 Å². The van der Waals surface area contributed by atoms with Gasteiger partial charge in [0.05, 0.1) is 12.2 Å². The minimum Gasteiger partial charge on any atom is -0.478 e. The van der Waals surface area contributed by atoms with Gasteiger partial charge in [-0.3, -0.25) is 4.79 Å². The number of hydrogen-bond acceptors (Lipinski definition) is 5. The Morgan fingerprint density at radius 1 is 1.32 bits per heavy atom. The molecular weight excluding hydrogens is 323 g/mol. The minimum absolute atomic E-state index is 0.0588. The number of amides is 1. The predicted octanol–water partition coefficient (Wildman–Crippen LogP) is 2.30. The van der Waals surface area contributed by atoms with Crippen LogP contribution in [0.25, 0.3) is 0 Å². The first kappa shape index (κ1) is 17.1. The Bertz CT molecular complexity index is 735. The summed E-state index contributed by atoms with van der Waals surface area (Å²) in [5.41, 5.74) is 0.725. The third-order valence-corrected chi connectivity index (χ3v) is 4.04. The monoisotopic (exact) mass is 344 g/mol. The third-order valence-electron chi connectivity index (χ3n) is 4.04. The van der Waals surface area contributed by atoms with Crippen molar-refractivity contribution in [1.82, 2.24) is 15.3 Å². The maximum Gasteiger partial charge on any atom is 0.261 e. The molecule has 1 N–H and O–H groups in total. The summed E-state index contributed by atoms with van der Waals surface area (Å²) in [5.74, 6) is -0.0683. The summed E-state index contributed by atoms with van der Waals surface area (Å²) in [5, 5.41) is 2.76. The van der Waals surface area contributed by atoms with E-state index in [2.05, 4.69) is 20.2 Å². The molecule has 0 saturated carbocycles. The summed E-state index contributed by atoms with van der Waals surface area (Å²) in [6, 6.07) is 7.78. The molecule has 0 aliphatic carbocycles. The van der Waals surface area contributed by atoms with Crippen molar-refractivity contribution >= 4 is 11.9 Å². The quantitative estimate of drug-likeness (QED) is 0.871. The molecule has 1 amide bonds. The molecule has 0 spiro atoms. The zero-order valence-corrected chi connectivity index (χ0v) is 14.1. The Balaban J connectivity index is 1.55. The number of rotatable bonds is 6. The van der Waals surface area contributed by atoms with Crippen molar-refractivity contribution in [2.75, 3.05) is 18.0 Å². The van der Waals surface area contributed by atoms with Gasteiger partial charge in [-0.15, -0.1) is 0 Å². The standard InChI is InChI=1S/C18H21FN4O2/c1-13(25-16-7-3-2-6-15(16)19)17(24)21-12-14-8-9-20-18(22-14)23-10-4-5-11-23/h2-3,6-9,13H,4-5,10-12H2,1H3,(H,21,24). The first-order valence-corrected chi connectivity index (χ1v) is 8.39. The van der Waals surface area contributed by atoms with Crippen LogP contribution in [0.1, 0.15) is 25.5 Å². The zero-order chi connectivity index (χ0) is 17.6. The molecule has 3 rings (SSSR count). The van der Waals surface area contributed by atoms with Crippen molar-refractivity contribution < 1.29 is 13.9 Å². The second kappa shape index (κ2) is 7.92. The van der Waals surface area contributed by atoms with E-state index in [1.54, 1.807) is 31.3 Å². The lowest BCUT2D eigenvalue weighted by molar-refractivity contribution is -0.127. The van der Waals surface area contributed by atoms with Crippen LogP contribution in [0.15, 0.2) is 36.5 Å². The molecule has 6 nitrogen and oxygen atoms in total. The van der Waals surface area contributed by atoms with Crippen LogP contribution in [0.5, 0.6) is 5.75 Å². The van der Waals surface area contributed by atoms with E-state index in [1.807, 2.05) is 0 Å². The Kier molecular flexibility index (Phi) is 5.42. The summed E-state index contributed by atoms with van der Waals surface area (Å²) < 4.78 is 19.0. The van der Waals surface area contributed by atoms with Gasteiger partial charge in [0.1, 0.15) is 0 Å². The fourth-order valence-electron chi connectivity index (χ4n) is 2.66. The normalized spacial score (nSPS) is 15.0. The van der Waals surface area contributed by atoms with Gasteiger partial charge < -0.3 is 15.0 Å². The number of aromatic nitrogens is 2. The fraction of sp³-hybridized carbons (Fsp3) is 0.389. The van der Waals surface area contributed by atoms with E-state index in [4.69, 9.17) is 4.74 Å². The van der Waals surface area contributed by atoms with Gasteiger partial charge in [0.15, 0.2) is 17.7 Å². The lowest BCUT2D eigenvalue weighted by Gasteiger charge is -2.17. The van der Waals surface area contributed by atoms with Gasteiger partial charge >= 0.3 is 0 Å². The van der Waals surface area contributed by atoms with Crippen LogP contribution in [0.4, 0.5) is 10.3 Å². The van der Waals surface area contributed by atoms with Gasteiger partial charge in [0.2, 0.25) is 5.95 Å². The Morgan fingerprint density at radius 3 is 2.84 bits per heavy atom. The van der Waals surface area contributed by atoms with Gasteiger partial charge in [0, 0.05) is 19.3 Å². The number of para-hydroxylation sites is 1. The summed E-state index contributed by atoms with van der Waals surface area (Å²) >= 11 is 0. The average molecular weight is 344 g/mol. The van der Waals surface area contributed by atoms with Gasteiger partial charge in [-0.25, -0.2) is 14.4 Å². The number of ether oxygens (including phenoxy) is 1. The molecule has 25 heavy (non-hydrogen) atoms. The Labute approximate surface area is 146 Å². The molecule has 1 atom stereocenters. The lowest BCUT2D eigenvalue weighted by Crippen LogP contribution is -2.36. The molecule has 1 fully saturated rings. The molecule has 2 heterocycles. The van der Waals surface area contributed by atoms with Crippen LogP contribution < -0.4 is 15.0 Å². The topological polar surface area (TPSA) is 67.3 Å². The number of carbonyl (C=O) groups excluding carboxylic acids is 1. The first-order chi connectivity index (χ1) is 12.1. The molecule has 2 aromatic rings. The number of carbonyl (C=O) groups is 1. The Morgan fingerprint density at radius 2 is 2.08 bits per heavy atom. The van der Waals surface area contributed by atoms with E-state index in [9.17, 15) is 9.18 Å². The zero-order valence-electron chi connectivity index (χ0n) is 14.1. The van der Waals surface area contributed by atoms with Crippen molar-refractivity contribution in [2.45, 2.75) is 32.4 Å². The van der Waals surface area contributed by atoms with E-state index in [-0.39, 0.29) is 18.2 Å². The second-order valence-corrected chi connectivity index (χ2v) is 5.95. The highest BCUT2D eigenvalue weighted by atomic mass is 19.1. The molecule has 0 radical (unpaired) electrons. The number of anilines is 1. The van der Waals surface area contributed by atoms with Gasteiger partial charge in [-0.2, -0.15) is 0 Å². The molecule has 7 heteroatoms. The van der Waals surface area contributed by atoms with E-state index in [1.165, 1.54) is 12.1 Å². The van der Waals surface area contributed by atoms with E-state index >= 15 is 0 Å². The maximum atomic E-state index is 13.6. The molecule has 1 saturated heterocycles. The van der Waals surface area contributed by atoms with Gasteiger partial charge in [-0.1, -0.05) is 12.1 Å². The minimum atomic E-state index is -0.809. The van der Waals surface area contributed by atoms with Gasteiger partial charge in [-0.05, 0) is 38.0 Å². The molecular formula is C18H21FN4O2. The smallest absolute Gasteiger partial charge is 0.261 e. The lowest BCUT2D eigenvalue weighted by atomic mass is 10.3. The maximum absolute atomic E-state index is 13.6. The van der Waals surface area contributed by atoms with Crippen molar-refractivity contribution in [1.29, 1.82) is 0 Å². The summed E-state index contributed by atoms with van der Waals surface area (Å²) in [6.07, 6.45) is 3.18.